The Morgan fingerprint density at radius 2 is 1.67 bits per heavy atom. The van der Waals surface area contributed by atoms with Crippen molar-refractivity contribution in [2.45, 2.75) is 32.2 Å². The predicted octanol–water partition coefficient (Wildman–Crippen LogP) is 1.05. The molecule has 5 unspecified atom stereocenters. The third-order valence-corrected chi connectivity index (χ3v) is 5.22. The van der Waals surface area contributed by atoms with Crippen LogP contribution < -0.4 is 0 Å². The van der Waals surface area contributed by atoms with Gasteiger partial charge in [0.15, 0.2) is 0 Å². The van der Waals surface area contributed by atoms with Gasteiger partial charge in [-0.05, 0) is 31.1 Å². The van der Waals surface area contributed by atoms with Gasteiger partial charge in [0.05, 0.1) is 11.8 Å². The Bertz CT molecular complexity index is 494. The Kier molecular flexibility index (Phi) is 3.38. The largest absolute Gasteiger partial charge is 0.347 e. The average molecular weight is 290 g/mol. The molecule has 3 amide bonds. The number of imide groups is 1. The summed E-state index contributed by atoms with van der Waals surface area (Å²) in [5.41, 5.74) is 0. The van der Waals surface area contributed by atoms with Crippen LogP contribution in [-0.4, -0.2) is 47.7 Å². The van der Waals surface area contributed by atoms with Crippen molar-refractivity contribution in [3.05, 3.63) is 12.2 Å². The molecule has 0 radical (unpaired) electrons. The van der Waals surface area contributed by atoms with E-state index in [1.165, 1.54) is 9.80 Å². The van der Waals surface area contributed by atoms with Gasteiger partial charge < -0.3 is 4.90 Å². The van der Waals surface area contributed by atoms with E-state index in [0.717, 1.165) is 12.8 Å². The van der Waals surface area contributed by atoms with E-state index in [2.05, 4.69) is 12.2 Å². The monoisotopic (exact) mass is 290 g/mol. The zero-order chi connectivity index (χ0) is 15.3. The number of hydrogen-bond acceptors (Lipinski definition) is 3. The van der Waals surface area contributed by atoms with Crippen LogP contribution in [0.15, 0.2) is 12.2 Å². The fraction of sp³-hybridized carbons (Fsp3) is 0.688. The lowest BCUT2D eigenvalue weighted by atomic mass is 9.63. The number of likely N-dealkylation sites (tertiary alicyclic amines) is 1. The van der Waals surface area contributed by atoms with Crippen LogP contribution in [0, 0.1) is 23.7 Å². The van der Waals surface area contributed by atoms with E-state index in [0.29, 0.717) is 6.42 Å². The molecular formula is C16H22N2O3. The minimum atomic E-state index is -0.648. The number of carbonyl (C=O) groups excluding carboxylic acids is 3. The van der Waals surface area contributed by atoms with Crippen LogP contribution in [-0.2, 0) is 14.4 Å². The predicted molar refractivity (Wildman–Crippen MR) is 77.0 cm³/mol. The summed E-state index contributed by atoms with van der Waals surface area (Å²) >= 11 is 0. The summed E-state index contributed by atoms with van der Waals surface area (Å²) in [5.74, 6) is -0.548. The maximum Gasteiger partial charge on any atom is 0.245 e. The topological polar surface area (TPSA) is 57.7 Å². The highest BCUT2D eigenvalue weighted by Crippen LogP contribution is 2.50. The van der Waals surface area contributed by atoms with Crippen molar-refractivity contribution in [1.82, 2.24) is 9.80 Å². The van der Waals surface area contributed by atoms with Crippen molar-refractivity contribution in [3.63, 3.8) is 0 Å². The molecule has 3 aliphatic carbocycles. The summed E-state index contributed by atoms with van der Waals surface area (Å²) in [7, 11) is 3.32. The molecule has 1 saturated carbocycles. The van der Waals surface area contributed by atoms with E-state index in [-0.39, 0.29) is 41.4 Å². The molecule has 5 heteroatoms. The molecule has 0 aromatic carbocycles. The van der Waals surface area contributed by atoms with Gasteiger partial charge in [-0.2, -0.15) is 0 Å². The molecule has 4 aliphatic rings. The Hall–Kier alpha value is -1.65. The van der Waals surface area contributed by atoms with Gasteiger partial charge >= 0.3 is 0 Å². The first-order chi connectivity index (χ1) is 9.97. The Balaban J connectivity index is 1.93. The Labute approximate surface area is 125 Å². The molecule has 1 saturated heterocycles. The van der Waals surface area contributed by atoms with E-state index in [4.69, 9.17) is 0 Å². The molecule has 1 aliphatic heterocycles. The minimum absolute atomic E-state index is 0.133. The quantitative estimate of drug-likeness (QED) is 0.576. The molecule has 114 valence electrons. The van der Waals surface area contributed by atoms with Crippen LogP contribution in [0.1, 0.15) is 26.2 Å². The van der Waals surface area contributed by atoms with Crippen molar-refractivity contribution in [3.8, 4) is 0 Å². The molecule has 0 aromatic heterocycles. The summed E-state index contributed by atoms with van der Waals surface area (Å²) in [6.45, 7) is 1.85. The highest BCUT2D eigenvalue weighted by molar-refractivity contribution is 6.09. The fourth-order valence-corrected chi connectivity index (χ4v) is 4.17. The smallest absolute Gasteiger partial charge is 0.245 e. The summed E-state index contributed by atoms with van der Waals surface area (Å²) < 4.78 is 0. The Morgan fingerprint density at radius 1 is 1.19 bits per heavy atom. The third kappa shape index (κ3) is 1.93. The first-order valence-corrected chi connectivity index (χ1v) is 7.73. The second-order valence-electron chi connectivity index (χ2n) is 6.54. The van der Waals surface area contributed by atoms with Gasteiger partial charge in [-0.25, -0.2) is 0 Å². The van der Waals surface area contributed by atoms with Crippen molar-refractivity contribution in [1.29, 1.82) is 0 Å². The summed E-state index contributed by atoms with van der Waals surface area (Å²) in [5, 5.41) is 0. The molecule has 5 atom stereocenters. The number of carbonyl (C=O) groups is 3. The molecule has 2 bridgehead atoms. The van der Waals surface area contributed by atoms with Crippen LogP contribution in [0.2, 0.25) is 0 Å². The van der Waals surface area contributed by atoms with E-state index < -0.39 is 6.04 Å². The number of rotatable bonds is 3. The summed E-state index contributed by atoms with van der Waals surface area (Å²) in [6, 6.07) is -0.648. The van der Waals surface area contributed by atoms with Gasteiger partial charge in [-0.1, -0.05) is 19.1 Å². The molecule has 0 N–H and O–H groups in total. The normalized spacial score (nSPS) is 35.1. The van der Waals surface area contributed by atoms with Gasteiger partial charge in [0.2, 0.25) is 17.7 Å². The van der Waals surface area contributed by atoms with Crippen molar-refractivity contribution >= 4 is 17.7 Å². The molecule has 0 aromatic rings. The van der Waals surface area contributed by atoms with Gasteiger partial charge in [0.1, 0.15) is 6.04 Å². The number of fused-ring (bicyclic) bond motifs is 1. The average Bonchev–Trinajstić information content (AvgIpc) is 2.76. The fourth-order valence-electron chi connectivity index (χ4n) is 4.17. The zero-order valence-corrected chi connectivity index (χ0v) is 12.8. The van der Waals surface area contributed by atoms with Crippen LogP contribution >= 0.6 is 0 Å². The number of hydrogen-bond donors (Lipinski definition) is 0. The van der Waals surface area contributed by atoms with E-state index in [9.17, 15) is 14.4 Å². The molecule has 2 fully saturated rings. The number of amides is 3. The van der Waals surface area contributed by atoms with Gasteiger partial charge in [0.25, 0.3) is 0 Å². The summed E-state index contributed by atoms with van der Waals surface area (Å²) in [6.07, 6.45) is 6.62. The van der Waals surface area contributed by atoms with Crippen LogP contribution in [0.4, 0.5) is 0 Å². The molecule has 5 nitrogen and oxygen atoms in total. The third-order valence-electron chi connectivity index (χ3n) is 5.22. The highest BCUT2D eigenvalue weighted by atomic mass is 16.2. The lowest BCUT2D eigenvalue weighted by Crippen LogP contribution is -2.49. The van der Waals surface area contributed by atoms with E-state index in [1.807, 2.05) is 6.92 Å². The zero-order valence-electron chi connectivity index (χ0n) is 12.8. The number of nitrogens with zero attached hydrogens (tertiary/aromatic N) is 2. The van der Waals surface area contributed by atoms with Crippen molar-refractivity contribution < 1.29 is 14.4 Å². The van der Waals surface area contributed by atoms with E-state index in [1.54, 1.807) is 14.1 Å². The number of allylic oxidation sites excluding steroid dienone is 2. The van der Waals surface area contributed by atoms with Gasteiger partial charge in [0, 0.05) is 14.1 Å². The standard InChI is InChI=1S/C16H22N2O3/c1-4-11(14(19)17(2)3)18-15(20)12-9-5-6-10(8-7-9)13(12)16(18)21/h5-6,9-13H,4,7-8H2,1-3H3. The van der Waals surface area contributed by atoms with E-state index >= 15 is 0 Å². The lowest BCUT2D eigenvalue weighted by Gasteiger charge is -2.38. The first kappa shape index (κ1) is 14.3. The van der Waals surface area contributed by atoms with Crippen LogP contribution in [0.3, 0.4) is 0 Å². The second-order valence-corrected chi connectivity index (χ2v) is 6.54. The van der Waals surface area contributed by atoms with Crippen LogP contribution in [0.25, 0.3) is 0 Å². The highest BCUT2D eigenvalue weighted by Gasteiger charge is 2.58. The Morgan fingerprint density at radius 3 is 2.00 bits per heavy atom. The SMILES string of the molecule is CCC(C(=O)N(C)C)N1C(=O)C2C3C=CC(CC3)C2C1=O. The van der Waals surface area contributed by atoms with Crippen molar-refractivity contribution in [2.24, 2.45) is 23.7 Å². The van der Waals surface area contributed by atoms with Gasteiger partial charge in [-0.15, -0.1) is 0 Å². The molecule has 4 rings (SSSR count). The van der Waals surface area contributed by atoms with Crippen LogP contribution in [0.5, 0.6) is 0 Å². The summed E-state index contributed by atoms with van der Waals surface area (Å²) in [4.78, 5) is 40.6. The van der Waals surface area contributed by atoms with Crippen molar-refractivity contribution in [2.75, 3.05) is 14.1 Å². The minimum Gasteiger partial charge on any atom is -0.347 e. The maximum absolute atomic E-state index is 12.8. The molecule has 0 spiro atoms. The second kappa shape index (κ2) is 4.97. The lowest BCUT2D eigenvalue weighted by molar-refractivity contribution is -0.150. The number of likely N-dealkylation sites (N-methyl/N-ethyl adjacent to an activating group) is 1. The molecule has 1 heterocycles. The molecule has 21 heavy (non-hydrogen) atoms. The van der Waals surface area contributed by atoms with Gasteiger partial charge in [-0.3, -0.25) is 19.3 Å². The first-order valence-electron chi connectivity index (χ1n) is 7.73. The molecular weight excluding hydrogens is 268 g/mol. The maximum atomic E-state index is 12.8.